The maximum atomic E-state index is 12.4. The lowest BCUT2D eigenvalue weighted by molar-refractivity contribution is 0.599. The van der Waals surface area contributed by atoms with Crippen LogP contribution in [-0.2, 0) is 9.71 Å². The van der Waals surface area contributed by atoms with Crippen LogP contribution >= 0.6 is 0 Å². The van der Waals surface area contributed by atoms with Crippen LogP contribution < -0.4 is 0 Å². The summed E-state index contributed by atoms with van der Waals surface area (Å²) in [5, 5.41) is 1.16. The van der Waals surface area contributed by atoms with E-state index >= 15 is 0 Å². The summed E-state index contributed by atoms with van der Waals surface area (Å²) in [4.78, 5) is 3.91. The zero-order valence-corrected chi connectivity index (χ0v) is 10.6. The van der Waals surface area contributed by atoms with Gasteiger partial charge < -0.3 is 4.98 Å². The summed E-state index contributed by atoms with van der Waals surface area (Å²) in [5.74, 6) is 3.81. The Morgan fingerprint density at radius 1 is 1.38 bits per heavy atom. The molecule has 16 heavy (non-hydrogen) atoms. The van der Waals surface area contributed by atoms with Crippen LogP contribution in [0.2, 0.25) is 0 Å². The number of aromatic amines is 1. The Hall–Kier alpha value is -1.26. The van der Waals surface area contributed by atoms with Gasteiger partial charge in [-0.3, -0.25) is 0 Å². The number of rotatable bonds is 2. The molecular formula is C12H16N2OS. The molecule has 1 atom stereocenters. The second kappa shape index (κ2) is 3.64. The number of aryl methyl sites for hydroxylation is 1. The van der Waals surface area contributed by atoms with Crippen molar-refractivity contribution in [1.29, 1.82) is 0 Å². The van der Waals surface area contributed by atoms with E-state index in [2.05, 4.69) is 10.9 Å². The van der Waals surface area contributed by atoms with Crippen LogP contribution in [0.4, 0.5) is 0 Å². The maximum Gasteiger partial charge on any atom is 0.0554 e. The summed E-state index contributed by atoms with van der Waals surface area (Å²) in [6, 6.07) is 5.89. The molecule has 4 heteroatoms. The quantitative estimate of drug-likeness (QED) is 0.796. The molecule has 0 radical (unpaired) electrons. The van der Waals surface area contributed by atoms with Crippen molar-refractivity contribution < 1.29 is 4.21 Å². The molecule has 3 nitrogen and oxygen atoms in total. The van der Waals surface area contributed by atoms with Gasteiger partial charge in [-0.2, -0.15) is 0 Å². The smallest absolute Gasteiger partial charge is 0.0554 e. The van der Waals surface area contributed by atoms with Gasteiger partial charge in [0.05, 0.1) is 9.71 Å². The summed E-state index contributed by atoms with van der Waals surface area (Å²) in [6.07, 6.45) is 1.89. The SMILES string of the molecule is C=S(=O)(c1cc(C)c2cc[nH]c2c1)N(C)C. The van der Waals surface area contributed by atoms with E-state index in [-0.39, 0.29) is 0 Å². The van der Waals surface area contributed by atoms with Gasteiger partial charge >= 0.3 is 0 Å². The third-order valence-corrected chi connectivity index (χ3v) is 4.96. The van der Waals surface area contributed by atoms with Crippen LogP contribution in [0.25, 0.3) is 10.9 Å². The third kappa shape index (κ3) is 1.64. The Labute approximate surface area is 96.2 Å². The highest BCUT2D eigenvalue weighted by atomic mass is 32.2. The summed E-state index contributed by atoms with van der Waals surface area (Å²) < 4.78 is 14.1. The van der Waals surface area contributed by atoms with E-state index in [1.165, 1.54) is 0 Å². The Bertz CT molecular complexity index is 624. The Kier molecular flexibility index (Phi) is 2.56. The molecular weight excluding hydrogens is 220 g/mol. The van der Waals surface area contributed by atoms with Gasteiger partial charge in [0.25, 0.3) is 0 Å². The molecule has 0 aliphatic rings. The highest BCUT2D eigenvalue weighted by Crippen LogP contribution is 2.23. The number of hydrogen-bond donors (Lipinski definition) is 1. The molecule has 1 aromatic carbocycles. The van der Waals surface area contributed by atoms with Gasteiger partial charge in [0.15, 0.2) is 0 Å². The molecule has 0 spiro atoms. The molecule has 0 bridgehead atoms. The molecule has 0 amide bonds. The average Bonchev–Trinajstić information content (AvgIpc) is 2.65. The fourth-order valence-corrected chi connectivity index (χ4v) is 2.80. The van der Waals surface area contributed by atoms with Gasteiger partial charge in [-0.25, -0.2) is 8.51 Å². The van der Waals surface area contributed by atoms with Crippen molar-refractivity contribution in [3.05, 3.63) is 30.0 Å². The molecule has 0 saturated heterocycles. The molecule has 0 aliphatic heterocycles. The number of benzene rings is 1. The first-order valence-electron chi connectivity index (χ1n) is 5.05. The highest BCUT2D eigenvalue weighted by molar-refractivity contribution is 7.98. The lowest BCUT2D eigenvalue weighted by Gasteiger charge is -2.17. The minimum Gasteiger partial charge on any atom is -0.361 e. The lowest BCUT2D eigenvalue weighted by atomic mass is 10.1. The van der Waals surface area contributed by atoms with Crippen LogP contribution in [0, 0.1) is 6.92 Å². The molecule has 1 heterocycles. The number of nitrogens with one attached hydrogen (secondary N) is 1. The zero-order chi connectivity index (χ0) is 11.9. The fourth-order valence-electron chi connectivity index (χ4n) is 1.72. The summed E-state index contributed by atoms with van der Waals surface area (Å²) in [5.41, 5.74) is 2.13. The first-order valence-corrected chi connectivity index (χ1v) is 6.74. The number of hydrogen-bond acceptors (Lipinski definition) is 1. The van der Waals surface area contributed by atoms with E-state index in [4.69, 9.17) is 0 Å². The maximum absolute atomic E-state index is 12.4. The molecule has 86 valence electrons. The van der Waals surface area contributed by atoms with Crippen molar-refractivity contribution >= 4 is 26.5 Å². The van der Waals surface area contributed by atoms with Crippen LogP contribution in [0.3, 0.4) is 0 Å². The number of aromatic nitrogens is 1. The first-order chi connectivity index (χ1) is 7.43. The Morgan fingerprint density at radius 2 is 2.06 bits per heavy atom. The normalized spacial score (nSPS) is 15.5. The molecule has 0 saturated carbocycles. The average molecular weight is 236 g/mol. The number of H-pyrrole nitrogens is 1. The number of nitrogens with zero attached hydrogens (tertiary/aromatic N) is 1. The van der Waals surface area contributed by atoms with Crippen LogP contribution in [0.5, 0.6) is 0 Å². The summed E-state index contributed by atoms with van der Waals surface area (Å²) in [7, 11) is 1.21. The number of fused-ring (bicyclic) bond motifs is 1. The van der Waals surface area contributed by atoms with Gasteiger partial charge in [0.2, 0.25) is 0 Å². The van der Waals surface area contributed by atoms with E-state index in [9.17, 15) is 4.21 Å². The van der Waals surface area contributed by atoms with Crippen molar-refractivity contribution in [3.63, 3.8) is 0 Å². The molecule has 2 rings (SSSR count). The van der Waals surface area contributed by atoms with Crippen molar-refractivity contribution in [3.8, 4) is 0 Å². The van der Waals surface area contributed by atoms with Gasteiger partial charge in [-0.15, -0.1) is 0 Å². The largest absolute Gasteiger partial charge is 0.361 e. The zero-order valence-electron chi connectivity index (χ0n) is 9.78. The second-order valence-electron chi connectivity index (χ2n) is 4.13. The highest BCUT2D eigenvalue weighted by Gasteiger charge is 2.12. The topological polar surface area (TPSA) is 36.1 Å². The predicted molar refractivity (Wildman–Crippen MR) is 70.3 cm³/mol. The molecule has 0 aliphatic carbocycles. The van der Waals surface area contributed by atoms with Gasteiger partial charge in [-0.05, 0) is 50.7 Å². The predicted octanol–water partition coefficient (Wildman–Crippen LogP) is 2.03. The van der Waals surface area contributed by atoms with Gasteiger partial charge in [-0.1, -0.05) is 0 Å². The van der Waals surface area contributed by atoms with Gasteiger partial charge in [0.1, 0.15) is 0 Å². The van der Waals surface area contributed by atoms with Crippen molar-refractivity contribution in [2.45, 2.75) is 11.8 Å². The van der Waals surface area contributed by atoms with Crippen LogP contribution in [0.1, 0.15) is 5.56 Å². The van der Waals surface area contributed by atoms with E-state index in [0.29, 0.717) is 0 Å². The fraction of sp³-hybridized carbons (Fsp3) is 0.250. The standard InChI is InChI=1S/C12H16N2OS/c1-9-7-10(16(4,15)14(2)3)8-12-11(9)5-6-13-12/h5-8,13H,4H2,1-3H3. The molecule has 0 fully saturated rings. The second-order valence-corrected chi connectivity index (χ2v) is 6.61. The first kappa shape index (κ1) is 11.2. The van der Waals surface area contributed by atoms with E-state index in [1.807, 2.05) is 31.3 Å². The minimum atomic E-state index is -2.36. The Balaban J connectivity index is 2.72. The van der Waals surface area contributed by atoms with Crippen LogP contribution in [-0.4, -0.2) is 33.5 Å². The van der Waals surface area contributed by atoms with Crippen molar-refractivity contribution in [1.82, 2.24) is 9.29 Å². The van der Waals surface area contributed by atoms with Crippen molar-refractivity contribution in [2.24, 2.45) is 0 Å². The van der Waals surface area contributed by atoms with Crippen LogP contribution in [0.15, 0.2) is 29.3 Å². The molecule has 1 unspecified atom stereocenters. The van der Waals surface area contributed by atoms with E-state index < -0.39 is 9.71 Å². The van der Waals surface area contributed by atoms with E-state index in [0.717, 1.165) is 21.4 Å². The summed E-state index contributed by atoms with van der Waals surface area (Å²) >= 11 is 0. The molecule has 1 N–H and O–H groups in total. The lowest BCUT2D eigenvalue weighted by Crippen LogP contribution is -2.22. The third-order valence-electron chi connectivity index (χ3n) is 2.81. The molecule has 1 aromatic heterocycles. The Morgan fingerprint density at radius 3 is 2.69 bits per heavy atom. The summed E-state index contributed by atoms with van der Waals surface area (Å²) in [6.45, 7) is 2.02. The van der Waals surface area contributed by atoms with Crippen molar-refractivity contribution in [2.75, 3.05) is 14.1 Å². The van der Waals surface area contributed by atoms with Gasteiger partial charge in [0, 0.05) is 22.0 Å². The monoisotopic (exact) mass is 236 g/mol. The minimum absolute atomic E-state index is 0.768. The van der Waals surface area contributed by atoms with E-state index in [1.54, 1.807) is 18.4 Å². The molecule has 2 aromatic rings.